The molecular weight excluding hydrogens is 156 g/mol. The summed E-state index contributed by atoms with van der Waals surface area (Å²) in [6.45, 7) is 3.17. The summed E-state index contributed by atoms with van der Waals surface area (Å²) in [4.78, 5) is 0. The molecule has 2 atom stereocenters. The Bertz CT molecular complexity index is 61.1. The molecular formula is C5H9BrO. The average Bonchev–Trinajstić information content (AvgIpc) is 2.44. The lowest BCUT2D eigenvalue weighted by molar-refractivity contribution is 0.359. The quantitative estimate of drug-likeness (QED) is 0.445. The molecule has 1 rings (SSSR count). The minimum Gasteiger partial charge on any atom is -0.373 e. The van der Waals surface area contributed by atoms with Crippen molar-refractivity contribution in [3.8, 4) is 0 Å². The molecule has 1 nitrogen and oxygen atoms in total. The molecule has 0 amide bonds. The van der Waals surface area contributed by atoms with Gasteiger partial charge in [-0.25, -0.2) is 0 Å². The van der Waals surface area contributed by atoms with E-state index in [1.165, 1.54) is 0 Å². The first-order valence-electron chi connectivity index (χ1n) is 2.52. The van der Waals surface area contributed by atoms with Crippen molar-refractivity contribution in [1.82, 2.24) is 0 Å². The molecule has 1 fully saturated rings. The average molecular weight is 165 g/mol. The summed E-state index contributed by atoms with van der Waals surface area (Å²) in [5.74, 6) is 0.708. The summed E-state index contributed by atoms with van der Waals surface area (Å²) in [6, 6.07) is 0. The van der Waals surface area contributed by atoms with Gasteiger partial charge in [0.25, 0.3) is 0 Å². The molecule has 0 radical (unpaired) electrons. The van der Waals surface area contributed by atoms with Crippen LogP contribution < -0.4 is 0 Å². The molecule has 0 aromatic rings. The monoisotopic (exact) mass is 164 g/mol. The van der Waals surface area contributed by atoms with Gasteiger partial charge in [-0.2, -0.15) is 0 Å². The first-order chi connectivity index (χ1) is 3.34. The van der Waals surface area contributed by atoms with Gasteiger partial charge in [-0.05, 0) is 5.92 Å². The second-order valence-corrected chi connectivity index (χ2v) is 2.65. The summed E-state index contributed by atoms with van der Waals surface area (Å²) in [5, 5.41) is 1.07. The van der Waals surface area contributed by atoms with Crippen molar-refractivity contribution in [1.29, 1.82) is 0 Å². The molecule has 0 bridgehead atoms. The zero-order valence-electron chi connectivity index (χ0n) is 4.36. The van der Waals surface area contributed by atoms with Crippen LogP contribution in [0.25, 0.3) is 0 Å². The molecule has 1 aliphatic rings. The number of halogens is 1. The molecule has 0 aromatic heterocycles. The van der Waals surface area contributed by atoms with Gasteiger partial charge in [-0.1, -0.05) is 22.9 Å². The maximum Gasteiger partial charge on any atom is 0.0843 e. The molecule has 1 saturated heterocycles. The number of ether oxygens (including phenoxy) is 1. The molecule has 0 aliphatic carbocycles. The highest BCUT2D eigenvalue weighted by Gasteiger charge is 2.27. The number of hydrogen-bond donors (Lipinski definition) is 0. The first kappa shape index (κ1) is 5.57. The standard InChI is InChI=1S/C5H9BrO/c1-4(2-6)5-3-7-5/h4-5H,2-3H2,1H3. The van der Waals surface area contributed by atoms with E-state index in [1.54, 1.807) is 0 Å². The van der Waals surface area contributed by atoms with E-state index in [0.717, 1.165) is 11.9 Å². The van der Waals surface area contributed by atoms with Crippen LogP contribution in [0.3, 0.4) is 0 Å². The highest BCUT2D eigenvalue weighted by molar-refractivity contribution is 9.09. The Balaban J connectivity index is 2.10. The zero-order chi connectivity index (χ0) is 5.28. The van der Waals surface area contributed by atoms with Gasteiger partial charge >= 0.3 is 0 Å². The van der Waals surface area contributed by atoms with Gasteiger partial charge in [-0.3, -0.25) is 0 Å². The zero-order valence-corrected chi connectivity index (χ0v) is 5.94. The van der Waals surface area contributed by atoms with E-state index in [9.17, 15) is 0 Å². The van der Waals surface area contributed by atoms with Gasteiger partial charge < -0.3 is 4.74 Å². The fourth-order valence-corrected chi connectivity index (χ4v) is 0.900. The minimum atomic E-state index is 0.569. The summed E-state index contributed by atoms with van der Waals surface area (Å²) < 4.78 is 5.03. The molecule has 7 heavy (non-hydrogen) atoms. The van der Waals surface area contributed by atoms with Gasteiger partial charge in [0, 0.05) is 5.33 Å². The lowest BCUT2D eigenvalue weighted by Gasteiger charge is -1.97. The number of hydrogen-bond acceptors (Lipinski definition) is 1. The maximum absolute atomic E-state index is 5.03. The number of alkyl halides is 1. The van der Waals surface area contributed by atoms with E-state index in [-0.39, 0.29) is 0 Å². The van der Waals surface area contributed by atoms with Gasteiger partial charge in [0.15, 0.2) is 0 Å². The number of rotatable bonds is 2. The third kappa shape index (κ3) is 1.42. The van der Waals surface area contributed by atoms with Crippen molar-refractivity contribution in [3.63, 3.8) is 0 Å². The largest absolute Gasteiger partial charge is 0.373 e. The van der Waals surface area contributed by atoms with Crippen LogP contribution in [0.15, 0.2) is 0 Å². The van der Waals surface area contributed by atoms with Crippen molar-refractivity contribution in [2.75, 3.05) is 11.9 Å². The SMILES string of the molecule is CC(CBr)C1CO1. The molecule has 0 N–H and O–H groups in total. The van der Waals surface area contributed by atoms with Crippen LogP contribution in [0.2, 0.25) is 0 Å². The van der Waals surface area contributed by atoms with Crippen molar-refractivity contribution in [3.05, 3.63) is 0 Å². The summed E-state index contributed by atoms with van der Waals surface area (Å²) in [6.07, 6.45) is 0.569. The smallest absolute Gasteiger partial charge is 0.0843 e. The Morgan fingerprint density at radius 3 is 2.71 bits per heavy atom. The van der Waals surface area contributed by atoms with Crippen molar-refractivity contribution in [2.45, 2.75) is 13.0 Å². The second kappa shape index (κ2) is 2.14. The van der Waals surface area contributed by atoms with Crippen molar-refractivity contribution < 1.29 is 4.74 Å². The molecule has 1 aliphatic heterocycles. The fourth-order valence-electron chi connectivity index (χ4n) is 0.483. The van der Waals surface area contributed by atoms with E-state index in [0.29, 0.717) is 12.0 Å². The highest BCUT2D eigenvalue weighted by Crippen LogP contribution is 2.20. The summed E-state index contributed by atoms with van der Waals surface area (Å²) in [5.41, 5.74) is 0. The van der Waals surface area contributed by atoms with E-state index in [2.05, 4.69) is 22.9 Å². The predicted molar refractivity (Wildman–Crippen MR) is 32.7 cm³/mol. The van der Waals surface area contributed by atoms with Crippen LogP contribution in [0, 0.1) is 5.92 Å². The van der Waals surface area contributed by atoms with E-state index < -0.39 is 0 Å². The molecule has 1 heterocycles. The van der Waals surface area contributed by atoms with Crippen LogP contribution in [0.1, 0.15) is 6.92 Å². The van der Waals surface area contributed by atoms with Crippen LogP contribution in [-0.4, -0.2) is 18.0 Å². The normalized spacial score (nSPS) is 32.6. The van der Waals surface area contributed by atoms with Crippen molar-refractivity contribution >= 4 is 15.9 Å². The van der Waals surface area contributed by atoms with Crippen LogP contribution in [0.4, 0.5) is 0 Å². The van der Waals surface area contributed by atoms with E-state index in [4.69, 9.17) is 4.74 Å². The molecule has 2 unspecified atom stereocenters. The lowest BCUT2D eigenvalue weighted by Crippen LogP contribution is -2.03. The number of epoxide rings is 1. The van der Waals surface area contributed by atoms with Gasteiger partial charge in [0.2, 0.25) is 0 Å². The van der Waals surface area contributed by atoms with Gasteiger partial charge in [0.1, 0.15) is 0 Å². The van der Waals surface area contributed by atoms with E-state index in [1.807, 2.05) is 0 Å². The first-order valence-corrected chi connectivity index (χ1v) is 3.64. The Morgan fingerprint density at radius 1 is 2.00 bits per heavy atom. The second-order valence-electron chi connectivity index (χ2n) is 2.00. The molecule has 0 saturated carbocycles. The third-order valence-corrected chi connectivity index (χ3v) is 2.26. The highest BCUT2D eigenvalue weighted by atomic mass is 79.9. The Hall–Kier alpha value is 0.440. The maximum atomic E-state index is 5.03. The van der Waals surface area contributed by atoms with Crippen LogP contribution in [-0.2, 0) is 4.74 Å². The Kier molecular flexibility index (Phi) is 1.70. The van der Waals surface area contributed by atoms with Crippen LogP contribution >= 0.6 is 15.9 Å². The van der Waals surface area contributed by atoms with Crippen molar-refractivity contribution in [2.24, 2.45) is 5.92 Å². The summed E-state index contributed by atoms with van der Waals surface area (Å²) in [7, 11) is 0. The Labute approximate surface area is 52.2 Å². The third-order valence-electron chi connectivity index (χ3n) is 1.24. The molecule has 0 spiro atoms. The molecule has 42 valence electrons. The van der Waals surface area contributed by atoms with Gasteiger partial charge in [-0.15, -0.1) is 0 Å². The summed E-state index contributed by atoms with van der Waals surface area (Å²) >= 11 is 3.38. The van der Waals surface area contributed by atoms with Gasteiger partial charge in [0.05, 0.1) is 12.7 Å². The van der Waals surface area contributed by atoms with E-state index >= 15 is 0 Å². The lowest BCUT2D eigenvalue weighted by atomic mass is 10.2. The molecule has 2 heteroatoms. The Morgan fingerprint density at radius 2 is 2.57 bits per heavy atom. The predicted octanol–water partition coefficient (Wildman–Crippen LogP) is 1.42. The topological polar surface area (TPSA) is 12.5 Å². The van der Waals surface area contributed by atoms with Crippen LogP contribution in [0.5, 0.6) is 0 Å². The fraction of sp³-hybridized carbons (Fsp3) is 1.00. The minimum absolute atomic E-state index is 0.569. The molecule has 0 aromatic carbocycles.